The molecule has 1 heterocycles. The lowest BCUT2D eigenvalue weighted by Crippen LogP contribution is -2.47. The molecule has 1 aliphatic heterocycles. The molecule has 3 rings (SSSR count). The standard InChI is InChI=1S/C17H25NO/c1-13-11-14(12-19)8-9-16(13)18-10-4-6-15-5-2-3-7-17(15)18/h8-9,11,15,17,19H,2-7,10,12H2,1H3/t15-,17-/m1/s1. The molecule has 2 nitrogen and oxygen atoms in total. The predicted octanol–water partition coefficient (Wildman–Crippen LogP) is 3.65. The third-order valence-corrected chi connectivity index (χ3v) is 5.00. The van der Waals surface area contributed by atoms with Crippen molar-refractivity contribution in [3.8, 4) is 0 Å². The summed E-state index contributed by atoms with van der Waals surface area (Å²) < 4.78 is 0. The maximum atomic E-state index is 9.24. The van der Waals surface area contributed by atoms with Crippen molar-refractivity contribution in [2.75, 3.05) is 11.4 Å². The minimum atomic E-state index is 0.146. The number of aryl methyl sites for hydroxylation is 1. The van der Waals surface area contributed by atoms with Crippen molar-refractivity contribution in [1.82, 2.24) is 0 Å². The summed E-state index contributed by atoms with van der Waals surface area (Å²) in [4.78, 5) is 2.66. The molecule has 1 saturated carbocycles. The number of nitrogens with zero attached hydrogens (tertiary/aromatic N) is 1. The molecule has 2 aliphatic rings. The van der Waals surface area contributed by atoms with Gasteiger partial charge in [-0.05, 0) is 55.7 Å². The maximum absolute atomic E-state index is 9.24. The van der Waals surface area contributed by atoms with Crippen LogP contribution in [0, 0.1) is 12.8 Å². The molecule has 0 aromatic heterocycles. The summed E-state index contributed by atoms with van der Waals surface area (Å²) in [6.45, 7) is 3.54. The maximum Gasteiger partial charge on any atom is 0.0681 e. The van der Waals surface area contributed by atoms with E-state index in [2.05, 4.69) is 30.0 Å². The van der Waals surface area contributed by atoms with E-state index >= 15 is 0 Å². The van der Waals surface area contributed by atoms with Gasteiger partial charge in [-0.3, -0.25) is 0 Å². The molecule has 2 fully saturated rings. The highest BCUT2D eigenvalue weighted by Gasteiger charge is 2.33. The fourth-order valence-electron chi connectivity index (χ4n) is 4.06. The van der Waals surface area contributed by atoms with Gasteiger partial charge in [0.15, 0.2) is 0 Å². The van der Waals surface area contributed by atoms with Crippen molar-refractivity contribution in [2.45, 2.75) is 58.1 Å². The van der Waals surface area contributed by atoms with Crippen LogP contribution in [0.3, 0.4) is 0 Å². The Hall–Kier alpha value is -1.02. The molecule has 0 unspecified atom stereocenters. The van der Waals surface area contributed by atoms with Crippen molar-refractivity contribution in [1.29, 1.82) is 0 Å². The van der Waals surface area contributed by atoms with E-state index in [4.69, 9.17) is 0 Å². The van der Waals surface area contributed by atoms with E-state index < -0.39 is 0 Å². The number of hydrogen-bond acceptors (Lipinski definition) is 2. The SMILES string of the molecule is Cc1cc(CO)ccc1N1CCC[C@H]2CCCC[C@H]21. The molecule has 1 saturated heterocycles. The van der Waals surface area contributed by atoms with Crippen LogP contribution < -0.4 is 4.90 Å². The van der Waals surface area contributed by atoms with Gasteiger partial charge >= 0.3 is 0 Å². The van der Waals surface area contributed by atoms with Gasteiger partial charge in [-0.1, -0.05) is 25.0 Å². The van der Waals surface area contributed by atoms with Gasteiger partial charge in [-0.2, -0.15) is 0 Å². The molecule has 0 radical (unpaired) electrons. The molecule has 2 atom stereocenters. The Morgan fingerprint density at radius 1 is 1.16 bits per heavy atom. The summed E-state index contributed by atoms with van der Waals surface area (Å²) >= 11 is 0. The summed E-state index contributed by atoms with van der Waals surface area (Å²) in [6, 6.07) is 7.20. The Labute approximate surface area is 116 Å². The first-order valence-electron chi connectivity index (χ1n) is 7.76. The first-order chi connectivity index (χ1) is 9.29. The van der Waals surface area contributed by atoms with Crippen molar-refractivity contribution in [3.63, 3.8) is 0 Å². The Morgan fingerprint density at radius 3 is 2.74 bits per heavy atom. The van der Waals surface area contributed by atoms with Gasteiger partial charge in [0.25, 0.3) is 0 Å². The van der Waals surface area contributed by atoms with Crippen LogP contribution in [-0.2, 0) is 6.61 Å². The van der Waals surface area contributed by atoms with Gasteiger partial charge in [0, 0.05) is 18.3 Å². The third-order valence-electron chi connectivity index (χ3n) is 5.00. The second-order valence-electron chi connectivity index (χ2n) is 6.23. The molecule has 0 spiro atoms. The molecule has 1 N–H and O–H groups in total. The number of benzene rings is 1. The molecule has 104 valence electrons. The van der Waals surface area contributed by atoms with Crippen molar-refractivity contribution < 1.29 is 5.11 Å². The number of aliphatic hydroxyl groups excluding tert-OH is 1. The van der Waals surface area contributed by atoms with Crippen molar-refractivity contribution in [2.24, 2.45) is 5.92 Å². The fraction of sp³-hybridized carbons (Fsp3) is 0.647. The van der Waals surface area contributed by atoms with E-state index in [1.54, 1.807) is 0 Å². The molecule has 19 heavy (non-hydrogen) atoms. The normalized spacial score (nSPS) is 27.2. The van der Waals surface area contributed by atoms with Gasteiger partial charge in [0.1, 0.15) is 0 Å². The number of rotatable bonds is 2. The zero-order valence-corrected chi connectivity index (χ0v) is 11.9. The largest absolute Gasteiger partial charge is 0.392 e. The summed E-state index contributed by atoms with van der Waals surface area (Å²) in [5, 5.41) is 9.24. The fourth-order valence-corrected chi connectivity index (χ4v) is 4.06. The molecule has 1 aromatic rings. The van der Waals surface area contributed by atoms with E-state index in [1.165, 1.54) is 56.3 Å². The minimum Gasteiger partial charge on any atom is -0.392 e. The molecule has 2 heteroatoms. The van der Waals surface area contributed by atoms with Crippen LogP contribution in [0.4, 0.5) is 5.69 Å². The Morgan fingerprint density at radius 2 is 1.95 bits per heavy atom. The lowest BCUT2D eigenvalue weighted by atomic mass is 9.78. The van der Waals surface area contributed by atoms with Crippen LogP contribution in [0.1, 0.15) is 49.7 Å². The average Bonchev–Trinajstić information content (AvgIpc) is 2.46. The number of hydrogen-bond donors (Lipinski definition) is 1. The molecule has 1 aromatic carbocycles. The highest BCUT2D eigenvalue weighted by atomic mass is 16.3. The first kappa shape index (κ1) is 13.0. The van der Waals surface area contributed by atoms with E-state index in [0.717, 1.165) is 17.5 Å². The first-order valence-corrected chi connectivity index (χ1v) is 7.76. The van der Waals surface area contributed by atoms with Gasteiger partial charge in [-0.25, -0.2) is 0 Å². The van der Waals surface area contributed by atoms with Gasteiger partial charge in [0.05, 0.1) is 6.61 Å². The van der Waals surface area contributed by atoms with Crippen LogP contribution in [-0.4, -0.2) is 17.7 Å². The lowest BCUT2D eigenvalue weighted by Gasteiger charge is -2.46. The molecule has 1 aliphatic carbocycles. The monoisotopic (exact) mass is 259 g/mol. The molecule has 0 amide bonds. The second-order valence-corrected chi connectivity index (χ2v) is 6.23. The van der Waals surface area contributed by atoms with Gasteiger partial charge in [-0.15, -0.1) is 0 Å². The second kappa shape index (κ2) is 5.54. The van der Waals surface area contributed by atoms with Crippen LogP contribution in [0.5, 0.6) is 0 Å². The highest BCUT2D eigenvalue weighted by molar-refractivity contribution is 5.55. The van der Waals surface area contributed by atoms with E-state index in [1.807, 2.05) is 0 Å². The minimum absolute atomic E-state index is 0.146. The van der Waals surface area contributed by atoms with Crippen LogP contribution in [0.25, 0.3) is 0 Å². The zero-order valence-electron chi connectivity index (χ0n) is 11.9. The van der Waals surface area contributed by atoms with Crippen molar-refractivity contribution >= 4 is 5.69 Å². The van der Waals surface area contributed by atoms with Crippen LogP contribution in [0.2, 0.25) is 0 Å². The van der Waals surface area contributed by atoms with E-state index in [9.17, 15) is 5.11 Å². The summed E-state index contributed by atoms with van der Waals surface area (Å²) in [6.07, 6.45) is 8.38. The van der Waals surface area contributed by atoms with Gasteiger partial charge < -0.3 is 10.0 Å². The number of aliphatic hydroxyl groups is 1. The molecule has 0 bridgehead atoms. The lowest BCUT2D eigenvalue weighted by molar-refractivity contribution is 0.243. The Balaban J connectivity index is 1.87. The molecular formula is C17H25NO. The number of anilines is 1. The zero-order chi connectivity index (χ0) is 13.2. The van der Waals surface area contributed by atoms with E-state index in [-0.39, 0.29) is 6.61 Å². The van der Waals surface area contributed by atoms with Crippen LogP contribution in [0.15, 0.2) is 18.2 Å². The van der Waals surface area contributed by atoms with Crippen LogP contribution >= 0.6 is 0 Å². The molecular weight excluding hydrogens is 234 g/mol. The van der Waals surface area contributed by atoms with Gasteiger partial charge in [0.2, 0.25) is 0 Å². The topological polar surface area (TPSA) is 23.5 Å². The smallest absolute Gasteiger partial charge is 0.0681 e. The van der Waals surface area contributed by atoms with Crippen molar-refractivity contribution in [3.05, 3.63) is 29.3 Å². The quantitative estimate of drug-likeness (QED) is 0.876. The van der Waals surface area contributed by atoms with E-state index in [0.29, 0.717) is 0 Å². The predicted molar refractivity (Wildman–Crippen MR) is 79.4 cm³/mol. The highest BCUT2D eigenvalue weighted by Crippen LogP contribution is 2.38. The Kier molecular flexibility index (Phi) is 3.79. The summed E-state index contributed by atoms with van der Waals surface area (Å²) in [5.74, 6) is 0.916. The average molecular weight is 259 g/mol. The summed E-state index contributed by atoms with van der Waals surface area (Å²) in [5.41, 5.74) is 3.74. The number of fused-ring (bicyclic) bond motifs is 1. The third kappa shape index (κ3) is 2.51. The Bertz CT molecular complexity index is 441. The summed E-state index contributed by atoms with van der Waals surface area (Å²) in [7, 11) is 0. The number of piperidine rings is 1.